The van der Waals surface area contributed by atoms with E-state index in [0.29, 0.717) is 10.7 Å². The van der Waals surface area contributed by atoms with Gasteiger partial charge < -0.3 is 5.73 Å². The molecule has 1 aromatic heterocycles. The highest BCUT2D eigenvalue weighted by atomic mass is 35.5. The molecule has 0 amide bonds. The molecular weight excluding hydrogens is 286 g/mol. The smallest absolute Gasteiger partial charge is 0.295 e. The number of nitrogens with zero attached hydrogens (tertiary/aromatic N) is 2. The Morgan fingerprint density at radius 3 is 2.24 bits per heavy atom. The van der Waals surface area contributed by atoms with Gasteiger partial charge in [-0.15, -0.1) is 0 Å². The van der Waals surface area contributed by atoms with Crippen LogP contribution in [0.4, 0.5) is 5.69 Å². The molecule has 4 nitrogen and oxygen atoms in total. The molecular formula is C16H14ClN3O. The minimum atomic E-state index is -0.237. The minimum absolute atomic E-state index is 0.235. The molecule has 0 saturated carbocycles. The van der Waals surface area contributed by atoms with Crippen LogP contribution in [0.15, 0.2) is 59.4 Å². The lowest BCUT2D eigenvalue weighted by Gasteiger charge is -2.10. The van der Waals surface area contributed by atoms with E-state index in [0.717, 1.165) is 11.3 Å². The molecule has 0 bridgehead atoms. The fraction of sp³-hybridized carbons (Fsp3) is 0.0625. The van der Waals surface area contributed by atoms with Gasteiger partial charge in [-0.3, -0.25) is 9.48 Å². The first-order valence-corrected chi connectivity index (χ1v) is 6.86. The highest BCUT2D eigenvalue weighted by Gasteiger charge is 2.17. The fourth-order valence-electron chi connectivity index (χ4n) is 2.44. The predicted molar refractivity (Wildman–Crippen MR) is 85.9 cm³/mol. The number of hydrogen-bond donors (Lipinski definition) is 1. The first kappa shape index (κ1) is 13.5. The van der Waals surface area contributed by atoms with Crippen molar-refractivity contribution in [3.05, 3.63) is 70.0 Å². The van der Waals surface area contributed by atoms with Gasteiger partial charge in [0.15, 0.2) is 0 Å². The minimum Gasteiger partial charge on any atom is -0.392 e. The van der Waals surface area contributed by atoms with Crippen molar-refractivity contribution in [3.63, 3.8) is 0 Å². The van der Waals surface area contributed by atoms with E-state index in [4.69, 9.17) is 17.3 Å². The van der Waals surface area contributed by atoms with Crippen LogP contribution in [-0.2, 0) is 7.05 Å². The van der Waals surface area contributed by atoms with Crippen LogP contribution in [0.3, 0.4) is 0 Å². The summed E-state index contributed by atoms with van der Waals surface area (Å²) in [7, 11) is 1.81. The summed E-state index contributed by atoms with van der Waals surface area (Å²) in [6.45, 7) is 0. The Labute approximate surface area is 127 Å². The monoisotopic (exact) mass is 299 g/mol. The summed E-state index contributed by atoms with van der Waals surface area (Å²) in [5.41, 5.74) is 8.35. The highest BCUT2D eigenvalue weighted by molar-refractivity contribution is 6.30. The maximum atomic E-state index is 12.5. The summed E-state index contributed by atoms with van der Waals surface area (Å²) in [5.74, 6) is 0. The van der Waals surface area contributed by atoms with Crippen LogP contribution in [0.25, 0.3) is 16.9 Å². The summed E-state index contributed by atoms with van der Waals surface area (Å²) < 4.78 is 3.30. The van der Waals surface area contributed by atoms with Gasteiger partial charge in [-0.2, -0.15) is 0 Å². The number of rotatable bonds is 2. The molecule has 21 heavy (non-hydrogen) atoms. The van der Waals surface area contributed by atoms with Crippen molar-refractivity contribution in [2.45, 2.75) is 0 Å². The van der Waals surface area contributed by atoms with E-state index in [1.807, 2.05) is 37.4 Å². The molecule has 0 aliphatic heterocycles. The molecule has 0 fully saturated rings. The molecule has 0 aliphatic carbocycles. The van der Waals surface area contributed by atoms with Gasteiger partial charge in [0.25, 0.3) is 5.56 Å². The molecule has 5 heteroatoms. The number of anilines is 1. The zero-order valence-corrected chi connectivity index (χ0v) is 12.2. The molecule has 0 spiro atoms. The van der Waals surface area contributed by atoms with Crippen molar-refractivity contribution in [2.24, 2.45) is 7.05 Å². The van der Waals surface area contributed by atoms with Crippen LogP contribution in [0.1, 0.15) is 0 Å². The number of benzene rings is 2. The third kappa shape index (κ3) is 2.23. The Hall–Kier alpha value is -2.46. The Morgan fingerprint density at radius 1 is 1.00 bits per heavy atom. The largest absolute Gasteiger partial charge is 0.392 e. The maximum Gasteiger partial charge on any atom is 0.295 e. The zero-order valence-electron chi connectivity index (χ0n) is 11.5. The van der Waals surface area contributed by atoms with Gasteiger partial charge in [0.1, 0.15) is 5.69 Å². The van der Waals surface area contributed by atoms with Gasteiger partial charge >= 0.3 is 0 Å². The summed E-state index contributed by atoms with van der Waals surface area (Å²) in [6.07, 6.45) is 0. The SMILES string of the molecule is Cn1c(-c2ccccc2)c(N)c(=O)n1-c1ccc(Cl)cc1. The number of nitrogens with two attached hydrogens (primary N) is 1. The van der Waals surface area contributed by atoms with Crippen molar-refractivity contribution in [2.75, 3.05) is 5.73 Å². The Kier molecular flexibility index (Phi) is 3.31. The Balaban J connectivity index is 2.25. The average Bonchev–Trinajstić information content (AvgIpc) is 2.72. The van der Waals surface area contributed by atoms with E-state index in [2.05, 4.69) is 0 Å². The van der Waals surface area contributed by atoms with E-state index < -0.39 is 0 Å². The molecule has 2 N–H and O–H groups in total. The van der Waals surface area contributed by atoms with Gasteiger partial charge in [0, 0.05) is 17.6 Å². The van der Waals surface area contributed by atoms with Gasteiger partial charge in [-0.1, -0.05) is 41.9 Å². The van der Waals surface area contributed by atoms with E-state index in [1.54, 1.807) is 28.9 Å². The molecule has 0 saturated heterocycles. The molecule has 0 atom stereocenters. The van der Waals surface area contributed by atoms with Gasteiger partial charge in [0.05, 0.1) is 11.4 Å². The number of nitrogen functional groups attached to an aromatic ring is 1. The summed E-state index contributed by atoms with van der Waals surface area (Å²) in [5, 5.41) is 0.622. The van der Waals surface area contributed by atoms with Gasteiger partial charge in [0.2, 0.25) is 0 Å². The van der Waals surface area contributed by atoms with Crippen LogP contribution in [0.5, 0.6) is 0 Å². The van der Waals surface area contributed by atoms with Crippen molar-refractivity contribution < 1.29 is 0 Å². The van der Waals surface area contributed by atoms with Crippen LogP contribution in [0, 0.1) is 0 Å². The molecule has 3 aromatic rings. The lowest BCUT2D eigenvalue weighted by Crippen LogP contribution is -2.20. The van der Waals surface area contributed by atoms with Crippen molar-refractivity contribution in [1.82, 2.24) is 9.36 Å². The van der Waals surface area contributed by atoms with Crippen LogP contribution in [0.2, 0.25) is 5.02 Å². The molecule has 1 heterocycles. The van der Waals surface area contributed by atoms with Crippen molar-refractivity contribution in [3.8, 4) is 16.9 Å². The first-order chi connectivity index (χ1) is 10.1. The summed E-state index contributed by atoms with van der Waals surface area (Å²) in [6, 6.07) is 16.7. The standard InChI is InChI=1S/C16H14ClN3O/c1-19-15(11-5-3-2-4-6-11)14(18)16(21)20(19)13-9-7-12(17)8-10-13/h2-10H,18H2,1H3. The van der Waals surface area contributed by atoms with E-state index in [1.165, 1.54) is 4.68 Å². The predicted octanol–water partition coefficient (Wildman–Crippen LogP) is 3.08. The summed E-state index contributed by atoms with van der Waals surface area (Å²) in [4.78, 5) is 12.5. The Morgan fingerprint density at radius 2 is 1.62 bits per heavy atom. The number of hydrogen-bond acceptors (Lipinski definition) is 2. The third-order valence-corrected chi connectivity index (χ3v) is 3.67. The molecule has 0 radical (unpaired) electrons. The molecule has 0 unspecified atom stereocenters. The van der Waals surface area contributed by atoms with Crippen molar-refractivity contribution >= 4 is 17.3 Å². The average molecular weight is 300 g/mol. The fourth-order valence-corrected chi connectivity index (χ4v) is 2.56. The number of halogens is 1. The molecule has 0 aliphatic rings. The molecule has 106 valence electrons. The second-order valence-electron chi connectivity index (χ2n) is 4.75. The molecule has 3 rings (SSSR count). The second kappa shape index (κ2) is 5.14. The van der Waals surface area contributed by atoms with Crippen LogP contribution < -0.4 is 11.3 Å². The van der Waals surface area contributed by atoms with Crippen LogP contribution >= 0.6 is 11.6 Å². The van der Waals surface area contributed by atoms with E-state index in [-0.39, 0.29) is 11.2 Å². The molecule has 2 aromatic carbocycles. The zero-order chi connectivity index (χ0) is 15.0. The lowest BCUT2D eigenvalue weighted by atomic mass is 10.1. The second-order valence-corrected chi connectivity index (χ2v) is 5.18. The third-order valence-electron chi connectivity index (χ3n) is 3.42. The van der Waals surface area contributed by atoms with Gasteiger partial charge in [-0.05, 0) is 24.3 Å². The highest BCUT2D eigenvalue weighted by Crippen LogP contribution is 2.24. The van der Waals surface area contributed by atoms with Crippen molar-refractivity contribution in [1.29, 1.82) is 0 Å². The number of aromatic nitrogens is 2. The lowest BCUT2D eigenvalue weighted by molar-refractivity contribution is 0.652. The van der Waals surface area contributed by atoms with Gasteiger partial charge in [-0.25, -0.2) is 4.68 Å². The van der Waals surface area contributed by atoms with E-state index in [9.17, 15) is 4.79 Å². The van der Waals surface area contributed by atoms with E-state index >= 15 is 0 Å². The normalized spacial score (nSPS) is 10.8. The Bertz CT molecular complexity index is 832. The van der Waals surface area contributed by atoms with Crippen LogP contribution in [-0.4, -0.2) is 9.36 Å². The topological polar surface area (TPSA) is 52.9 Å². The first-order valence-electron chi connectivity index (χ1n) is 6.48. The maximum absolute atomic E-state index is 12.5. The summed E-state index contributed by atoms with van der Waals surface area (Å²) >= 11 is 5.89. The quantitative estimate of drug-likeness (QED) is 0.790.